The fraction of sp³-hybridized carbons (Fsp3) is 0.250. The van der Waals surface area contributed by atoms with Crippen LogP contribution >= 0.6 is 23.2 Å². The number of carbonyl (C=O) groups excluding carboxylic acids is 2. The molecule has 152 valence electrons. The van der Waals surface area contributed by atoms with Crippen molar-refractivity contribution in [2.24, 2.45) is 5.92 Å². The van der Waals surface area contributed by atoms with E-state index in [0.29, 0.717) is 28.2 Å². The van der Waals surface area contributed by atoms with E-state index in [4.69, 9.17) is 23.2 Å². The Morgan fingerprint density at radius 1 is 1.03 bits per heavy atom. The molecule has 0 fully saturated rings. The van der Waals surface area contributed by atoms with Gasteiger partial charge in [-0.3, -0.25) is 9.59 Å². The van der Waals surface area contributed by atoms with Gasteiger partial charge >= 0.3 is 5.69 Å². The predicted molar refractivity (Wildman–Crippen MR) is 115 cm³/mol. The van der Waals surface area contributed by atoms with E-state index in [-0.39, 0.29) is 28.1 Å². The smallest absolute Gasteiger partial charge is 0.323 e. The van der Waals surface area contributed by atoms with Crippen molar-refractivity contribution < 1.29 is 9.59 Å². The number of aromatic amines is 2. The summed E-state index contributed by atoms with van der Waals surface area (Å²) < 4.78 is 0. The second-order valence-electron chi connectivity index (χ2n) is 7.11. The topological polar surface area (TPSA) is 107 Å². The van der Waals surface area contributed by atoms with Crippen LogP contribution < -0.4 is 16.3 Å². The van der Waals surface area contributed by atoms with Crippen molar-refractivity contribution in [3.63, 3.8) is 0 Å². The molecule has 2 aromatic carbocycles. The average molecular weight is 435 g/mol. The molecule has 29 heavy (non-hydrogen) atoms. The third-order valence-corrected chi connectivity index (χ3v) is 4.84. The summed E-state index contributed by atoms with van der Waals surface area (Å²) >= 11 is 12.0. The molecule has 7 nitrogen and oxygen atoms in total. The van der Waals surface area contributed by atoms with Crippen LogP contribution in [0.25, 0.3) is 11.0 Å². The SMILES string of the molecule is CC(C)CC(NC(=O)c1ccc(Cl)cc1Cl)C(=O)Nc1ccc2[nH]c(=O)[nH]c2c1. The second-order valence-corrected chi connectivity index (χ2v) is 7.95. The zero-order valence-corrected chi connectivity index (χ0v) is 17.3. The van der Waals surface area contributed by atoms with E-state index in [1.54, 1.807) is 24.3 Å². The lowest BCUT2D eigenvalue weighted by Gasteiger charge is -2.20. The highest BCUT2D eigenvalue weighted by molar-refractivity contribution is 6.36. The van der Waals surface area contributed by atoms with Crippen molar-refractivity contribution in [1.82, 2.24) is 15.3 Å². The third-order valence-electron chi connectivity index (χ3n) is 4.29. The number of fused-ring (bicyclic) bond motifs is 1. The predicted octanol–water partition coefficient (Wildman–Crippen LogP) is 3.95. The summed E-state index contributed by atoms with van der Waals surface area (Å²) in [6.07, 6.45) is 0.437. The highest BCUT2D eigenvalue weighted by atomic mass is 35.5. The van der Waals surface area contributed by atoms with Gasteiger partial charge in [-0.2, -0.15) is 0 Å². The number of amides is 2. The molecule has 0 aliphatic carbocycles. The molecular formula is C20H20Cl2N4O3. The van der Waals surface area contributed by atoms with Crippen molar-refractivity contribution in [2.75, 3.05) is 5.32 Å². The molecule has 1 atom stereocenters. The van der Waals surface area contributed by atoms with Gasteiger partial charge in [-0.1, -0.05) is 37.0 Å². The van der Waals surface area contributed by atoms with Gasteiger partial charge < -0.3 is 20.6 Å². The fourth-order valence-corrected chi connectivity index (χ4v) is 3.45. The van der Waals surface area contributed by atoms with Gasteiger partial charge in [-0.25, -0.2) is 4.79 Å². The lowest BCUT2D eigenvalue weighted by atomic mass is 10.0. The van der Waals surface area contributed by atoms with Crippen LogP contribution in [0.5, 0.6) is 0 Å². The highest BCUT2D eigenvalue weighted by Crippen LogP contribution is 2.21. The Hall–Kier alpha value is -2.77. The summed E-state index contributed by atoms with van der Waals surface area (Å²) in [5, 5.41) is 6.16. The van der Waals surface area contributed by atoms with Crippen LogP contribution in [0, 0.1) is 5.92 Å². The minimum atomic E-state index is -0.768. The van der Waals surface area contributed by atoms with E-state index in [2.05, 4.69) is 20.6 Å². The number of aromatic nitrogens is 2. The number of halogens is 2. The van der Waals surface area contributed by atoms with Crippen LogP contribution in [0.4, 0.5) is 5.69 Å². The molecule has 0 radical (unpaired) electrons. The zero-order chi connectivity index (χ0) is 21.1. The van der Waals surface area contributed by atoms with Gasteiger partial charge in [0.25, 0.3) is 5.91 Å². The van der Waals surface area contributed by atoms with Gasteiger partial charge in [-0.15, -0.1) is 0 Å². The van der Waals surface area contributed by atoms with Gasteiger partial charge in [0, 0.05) is 10.7 Å². The van der Waals surface area contributed by atoms with E-state index in [1.165, 1.54) is 12.1 Å². The maximum Gasteiger partial charge on any atom is 0.323 e. The van der Waals surface area contributed by atoms with Crippen LogP contribution in [-0.4, -0.2) is 27.8 Å². The van der Waals surface area contributed by atoms with Crippen LogP contribution in [0.2, 0.25) is 10.0 Å². The van der Waals surface area contributed by atoms with Crippen molar-refractivity contribution in [3.05, 3.63) is 62.5 Å². The molecule has 2 amide bonds. The summed E-state index contributed by atoms with van der Waals surface area (Å²) in [6.45, 7) is 3.91. The lowest BCUT2D eigenvalue weighted by Crippen LogP contribution is -2.44. The quantitative estimate of drug-likeness (QED) is 0.471. The normalized spacial score (nSPS) is 12.2. The Kier molecular flexibility index (Phi) is 6.30. The molecule has 0 spiro atoms. The maximum absolute atomic E-state index is 12.8. The van der Waals surface area contributed by atoms with Crippen molar-refractivity contribution in [3.8, 4) is 0 Å². The lowest BCUT2D eigenvalue weighted by molar-refractivity contribution is -0.118. The number of hydrogen-bond acceptors (Lipinski definition) is 3. The van der Waals surface area contributed by atoms with Gasteiger partial charge in [0.1, 0.15) is 6.04 Å². The Bertz CT molecular complexity index is 1120. The number of benzene rings is 2. The Morgan fingerprint density at radius 2 is 1.76 bits per heavy atom. The molecular weight excluding hydrogens is 415 g/mol. The summed E-state index contributed by atoms with van der Waals surface area (Å²) in [5.41, 5.74) is 1.63. The van der Waals surface area contributed by atoms with Crippen molar-refractivity contribution in [1.29, 1.82) is 0 Å². The Morgan fingerprint density at radius 3 is 2.45 bits per heavy atom. The van der Waals surface area contributed by atoms with Gasteiger partial charge in [0.2, 0.25) is 5.91 Å². The molecule has 0 aliphatic heterocycles. The first-order valence-corrected chi connectivity index (χ1v) is 9.77. The summed E-state index contributed by atoms with van der Waals surface area (Å²) in [7, 11) is 0. The maximum atomic E-state index is 12.8. The number of anilines is 1. The molecule has 1 unspecified atom stereocenters. The minimum Gasteiger partial charge on any atom is -0.340 e. The molecule has 3 rings (SSSR count). The Balaban J connectivity index is 1.78. The van der Waals surface area contributed by atoms with E-state index in [9.17, 15) is 14.4 Å². The fourth-order valence-electron chi connectivity index (χ4n) is 2.95. The molecule has 0 bridgehead atoms. The molecule has 1 aromatic heterocycles. The largest absolute Gasteiger partial charge is 0.340 e. The molecule has 3 aromatic rings. The second kappa shape index (κ2) is 8.71. The number of nitrogens with one attached hydrogen (secondary N) is 4. The van der Waals surface area contributed by atoms with Crippen LogP contribution in [-0.2, 0) is 4.79 Å². The number of carbonyl (C=O) groups is 2. The number of rotatable bonds is 6. The minimum absolute atomic E-state index is 0.162. The molecule has 0 aliphatic rings. The van der Waals surface area contributed by atoms with Crippen LogP contribution in [0.15, 0.2) is 41.2 Å². The van der Waals surface area contributed by atoms with E-state index in [1.807, 2.05) is 13.8 Å². The number of H-pyrrole nitrogens is 2. The standard InChI is InChI=1S/C20H20Cl2N4O3/c1-10(2)7-17(24-18(27)13-5-3-11(21)8-14(13)22)19(28)23-12-4-6-15-16(9-12)26-20(29)25-15/h3-6,8-10,17H,7H2,1-2H3,(H,23,28)(H,24,27)(H2,25,26,29). The van der Waals surface area contributed by atoms with Gasteiger partial charge in [0.05, 0.1) is 21.6 Å². The monoisotopic (exact) mass is 434 g/mol. The molecule has 1 heterocycles. The number of hydrogen-bond donors (Lipinski definition) is 4. The van der Waals surface area contributed by atoms with Crippen LogP contribution in [0.1, 0.15) is 30.6 Å². The van der Waals surface area contributed by atoms with Crippen molar-refractivity contribution in [2.45, 2.75) is 26.3 Å². The first-order valence-electron chi connectivity index (χ1n) is 9.01. The summed E-state index contributed by atoms with van der Waals surface area (Å²) in [4.78, 5) is 42.1. The molecule has 4 N–H and O–H groups in total. The van der Waals surface area contributed by atoms with Gasteiger partial charge in [-0.05, 0) is 48.7 Å². The van der Waals surface area contributed by atoms with E-state index in [0.717, 1.165) is 0 Å². The van der Waals surface area contributed by atoms with Crippen LogP contribution in [0.3, 0.4) is 0 Å². The van der Waals surface area contributed by atoms with Crippen molar-refractivity contribution >= 4 is 51.7 Å². The number of imidazole rings is 1. The third kappa shape index (κ3) is 5.19. The zero-order valence-electron chi connectivity index (χ0n) is 15.8. The molecule has 9 heteroatoms. The van der Waals surface area contributed by atoms with Gasteiger partial charge in [0.15, 0.2) is 0 Å². The molecule has 0 saturated carbocycles. The van der Waals surface area contributed by atoms with E-state index < -0.39 is 11.9 Å². The Labute approximate surface area is 176 Å². The first-order chi connectivity index (χ1) is 13.7. The highest BCUT2D eigenvalue weighted by Gasteiger charge is 2.24. The first kappa shape index (κ1) is 21.0. The summed E-state index contributed by atoms with van der Waals surface area (Å²) in [6, 6.07) is 8.79. The summed E-state index contributed by atoms with van der Waals surface area (Å²) in [5.74, 6) is -0.664. The molecule has 0 saturated heterocycles. The average Bonchev–Trinajstić information content (AvgIpc) is 2.99. The van der Waals surface area contributed by atoms with E-state index >= 15 is 0 Å².